The Morgan fingerprint density at radius 2 is 2.25 bits per heavy atom. The first kappa shape index (κ1) is 18.8. The molecule has 1 unspecified atom stereocenters. The number of H-pyrrole nitrogens is 1. The Morgan fingerprint density at radius 1 is 1.60 bits per heavy atom. The lowest BCUT2D eigenvalue weighted by Crippen LogP contribution is -2.30. The van der Waals surface area contributed by atoms with Crippen LogP contribution in [0.4, 0.5) is 0 Å². The summed E-state index contributed by atoms with van der Waals surface area (Å²) in [4.78, 5) is 11.6. The summed E-state index contributed by atoms with van der Waals surface area (Å²) < 4.78 is 31.0. The number of nitrogens with one attached hydrogen (secondary N) is 2. The molecule has 116 valence electrons. The van der Waals surface area contributed by atoms with Crippen LogP contribution in [0.15, 0.2) is 11.2 Å². The summed E-state index contributed by atoms with van der Waals surface area (Å²) in [6.45, 7) is 3.74. The van der Waals surface area contributed by atoms with Gasteiger partial charge in [-0.3, -0.25) is 5.10 Å². The number of nitrogens with zero attached hydrogens (tertiary/aromatic N) is 1. The van der Waals surface area contributed by atoms with E-state index in [1.54, 1.807) is 13.8 Å². The van der Waals surface area contributed by atoms with Crippen LogP contribution in [0.3, 0.4) is 0 Å². The Bertz CT molecular complexity index is 529. The Morgan fingerprint density at radius 3 is 2.80 bits per heavy atom. The lowest BCUT2D eigenvalue weighted by atomic mass is 10.3. The number of halogens is 1. The molecule has 8 nitrogen and oxygen atoms in total. The fourth-order valence-corrected chi connectivity index (χ4v) is 2.46. The summed E-state index contributed by atoms with van der Waals surface area (Å²) in [5.74, 6) is -0.733. The Kier molecular flexibility index (Phi) is 7.72. The molecule has 20 heavy (non-hydrogen) atoms. The van der Waals surface area contributed by atoms with Gasteiger partial charge in [-0.25, -0.2) is 17.9 Å². The number of esters is 1. The fourth-order valence-electron chi connectivity index (χ4n) is 1.33. The number of hydrogen-bond acceptors (Lipinski definition) is 6. The highest BCUT2D eigenvalue weighted by Crippen LogP contribution is 2.13. The maximum absolute atomic E-state index is 12.0. The van der Waals surface area contributed by atoms with Gasteiger partial charge >= 0.3 is 5.97 Å². The van der Waals surface area contributed by atoms with E-state index >= 15 is 0 Å². The topological polar surface area (TPSA) is 127 Å². The number of carbonyl (C=O) groups excluding carboxylic acids is 1. The van der Waals surface area contributed by atoms with Crippen molar-refractivity contribution in [3.63, 3.8) is 0 Å². The summed E-state index contributed by atoms with van der Waals surface area (Å²) in [5.41, 5.74) is 5.41. The van der Waals surface area contributed by atoms with Crippen LogP contribution in [-0.4, -0.2) is 43.8 Å². The smallest absolute Gasteiger partial charge is 0.342 e. The molecular weight excluding hydrogens is 308 g/mol. The maximum Gasteiger partial charge on any atom is 0.342 e. The van der Waals surface area contributed by atoms with E-state index in [0.717, 1.165) is 6.20 Å². The predicted octanol–water partition coefficient (Wildman–Crippen LogP) is 0.0238. The molecular formula is C10H19ClN4O4S. The van der Waals surface area contributed by atoms with Gasteiger partial charge in [-0.2, -0.15) is 5.10 Å². The van der Waals surface area contributed by atoms with E-state index in [1.807, 2.05) is 0 Å². The van der Waals surface area contributed by atoms with Crippen LogP contribution in [-0.2, 0) is 14.8 Å². The molecule has 0 saturated heterocycles. The average Bonchev–Trinajstić information content (AvgIpc) is 2.78. The van der Waals surface area contributed by atoms with Gasteiger partial charge in [0.05, 0.1) is 12.8 Å². The van der Waals surface area contributed by atoms with E-state index in [0.29, 0.717) is 6.42 Å². The lowest BCUT2D eigenvalue weighted by molar-refractivity contribution is 0.0522. The molecule has 0 aromatic carbocycles. The molecule has 0 amide bonds. The summed E-state index contributed by atoms with van der Waals surface area (Å²) in [5, 5.41) is 5.56. The third kappa shape index (κ3) is 5.08. The quantitative estimate of drug-likeness (QED) is 0.606. The molecule has 0 fully saturated rings. The molecule has 0 aliphatic carbocycles. The highest BCUT2D eigenvalue weighted by atomic mass is 35.5. The standard InChI is InChI=1S/C10H18N4O4S.ClH/c1-3-18-10(15)8-6-12-14-9(8)19(16,17)13-5-4-7(2)11;/h6-7,13H,3-5,11H2,1-2H3,(H,12,14);1H. The Balaban J connectivity index is 0.00000361. The maximum atomic E-state index is 12.0. The second-order valence-corrected chi connectivity index (χ2v) is 5.70. The number of aromatic amines is 1. The minimum absolute atomic E-state index is 0. The largest absolute Gasteiger partial charge is 0.462 e. The van der Waals surface area contributed by atoms with Crippen molar-refractivity contribution in [3.05, 3.63) is 11.8 Å². The van der Waals surface area contributed by atoms with Crippen LogP contribution in [0.25, 0.3) is 0 Å². The van der Waals surface area contributed by atoms with Gasteiger partial charge < -0.3 is 10.5 Å². The Hall–Kier alpha value is -1.16. The van der Waals surface area contributed by atoms with Gasteiger partial charge in [-0.1, -0.05) is 0 Å². The summed E-state index contributed by atoms with van der Waals surface area (Å²) in [6.07, 6.45) is 1.61. The average molecular weight is 327 g/mol. The normalized spacial score (nSPS) is 12.6. The second kappa shape index (κ2) is 8.20. The monoisotopic (exact) mass is 326 g/mol. The lowest BCUT2D eigenvalue weighted by Gasteiger charge is -2.08. The molecule has 1 atom stereocenters. The molecule has 1 rings (SSSR count). The van der Waals surface area contributed by atoms with Crippen LogP contribution in [0.5, 0.6) is 0 Å². The van der Waals surface area contributed by atoms with Crippen molar-refractivity contribution in [2.45, 2.75) is 31.3 Å². The fraction of sp³-hybridized carbons (Fsp3) is 0.600. The number of hydrogen-bond donors (Lipinski definition) is 3. The van der Waals surface area contributed by atoms with Crippen molar-refractivity contribution < 1.29 is 17.9 Å². The molecule has 1 aromatic heterocycles. The summed E-state index contributed by atoms with van der Waals surface area (Å²) in [7, 11) is -3.83. The molecule has 0 radical (unpaired) electrons. The summed E-state index contributed by atoms with van der Waals surface area (Å²) in [6, 6.07) is -0.117. The molecule has 0 aliphatic rings. The highest BCUT2D eigenvalue weighted by molar-refractivity contribution is 7.89. The van der Waals surface area contributed by atoms with E-state index in [1.165, 1.54) is 0 Å². The van der Waals surface area contributed by atoms with Crippen LogP contribution < -0.4 is 10.5 Å². The van der Waals surface area contributed by atoms with Gasteiger partial charge in [-0.05, 0) is 20.3 Å². The van der Waals surface area contributed by atoms with Crippen LogP contribution >= 0.6 is 12.4 Å². The number of aromatic nitrogens is 2. The molecule has 1 aromatic rings. The summed E-state index contributed by atoms with van der Waals surface area (Å²) >= 11 is 0. The number of sulfonamides is 1. The van der Waals surface area contributed by atoms with Crippen LogP contribution in [0, 0.1) is 0 Å². The van der Waals surface area contributed by atoms with E-state index in [-0.39, 0.29) is 42.2 Å². The zero-order chi connectivity index (χ0) is 14.5. The molecule has 0 spiro atoms. The number of ether oxygens (including phenoxy) is 1. The zero-order valence-electron chi connectivity index (χ0n) is 11.3. The van der Waals surface area contributed by atoms with Crippen molar-refractivity contribution in [1.29, 1.82) is 0 Å². The number of carbonyl (C=O) groups is 1. The van der Waals surface area contributed by atoms with E-state index < -0.39 is 16.0 Å². The molecule has 1 heterocycles. The van der Waals surface area contributed by atoms with Gasteiger partial charge in [0.25, 0.3) is 10.0 Å². The van der Waals surface area contributed by atoms with E-state index in [2.05, 4.69) is 14.9 Å². The van der Waals surface area contributed by atoms with Gasteiger partial charge in [0.1, 0.15) is 5.56 Å². The third-order valence-electron chi connectivity index (χ3n) is 2.26. The first-order valence-electron chi connectivity index (χ1n) is 5.84. The van der Waals surface area contributed by atoms with Gasteiger partial charge in [-0.15, -0.1) is 12.4 Å². The van der Waals surface area contributed by atoms with Gasteiger partial charge in [0.2, 0.25) is 0 Å². The first-order valence-corrected chi connectivity index (χ1v) is 7.32. The van der Waals surface area contributed by atoms with Gasteiger partial charge in [0, 0.05) is 12.6 Å². The molecule has 10 heteroatoms. The van der Waals surface area contributed by atoms with Crippen molar-refractivity contribution in [2.24, 2.45) is 5.73 Å². The molecule has 0 saturated carbocycles. The first-order chi connectivity index (χ1) is 8.88. The molecule has 0 bridgehead atoms. The van der Waals surface area contributed by atoms with Crippen LogP contribution in [0.2, 0.25) is 0 Å². The third-order valence-corrected chi connectivity index (χ3v) is 3.69. The number of nitrogens with two attached hydrogens (primary N) is 1. The Labute approximate surface area is 123 Å². The minimum Gasteiger partial charge on any atom is -0.462 e. The SMILES string of the molecule is CCOC(=O)c1cn[nH]c1S(=O)(=O)NCCC(C)N.Cl. The van der Waals surface area contributed by atoms with E-state index in [4.69, 9.17) is 10.5 Å². The van der Waals surface area contributed by atoms with Crippen molar-refractivity contribution in [2.75, 3.05) is 13.2 Å². The zero-order valence-corrected chi connectivity index (χ0v) is 12.9. The number of rotatable bonds is 7. The second-order valence-electron chi connectivity index (χ2n) is 4.00. The molecule has 0 aliphatic heterocycles. The van der Waals surface area contributed by atoms with Gasteiger partial charge in [0.15, 0.2) is 5.03 Å². The van der Waals surface area contributed by atoms with Crippen molar-refractivity contribution in [1.82, 2.24) is 14.9 Å². The van der Waals surface area contributed by atoms with Crippen molar-refractivity contribution >= 4 is 28.4 Å². The van der Waals surface area contributed by atoms with Crippen molar-refractivity contribution in [3.8, 4) is 0 Å². The van der Waals surface area contributed by atoms with Crippen LogP contribution in [0.1, 0.15) is 30.6 Å². The predicted molar refractivity (Wildman–Crippen MR) is 75.2 cm³/mol. The van der Waals surface area contributed by atoms with E-state index in [9.17, 15) is 13.2 Å². The highest BCUT2D eigenvalue weighted by Gasteiger charge is 2.25. The molecule has 4 N–H and O–H groups in total. The minimum atomic E-state index is -3.83.